The van der Waals surface area contributed by atoms with Crippen molar-refractivity contribution in [2.45, 2.75) is 31.0 Å². The van der Waals surface area contributed by atoms with Crippen LogP contribution in [0.5, 0.6) is 0 Å². The number of hydrogen-bond acceptors (Lipinski definition) is 11. The number of hydrogen-bond donors (Lipinski definition) is 2. The minimum Gasteiger partial charge on any atom is -1.00 e. The number of benzene rings is 2. The van der Waals surface area contributed by atoms with E-state index in [4.69, 9.17) is 15.3 Å². The number of nitrogens with zero attached hydrogens (tertiary/aromatic N) is 6. The van der Waals surface area contributed by atoms with Crippen molar-refractivity contribution in [2.75, 3.05) is 18.1 Å². The van der Waals surface area contributed by atoms with Gasteiger partial charge in [0.2, 0.25) is 17.9 Å². The number of halogens is 1. The van der Waals surface area contributed by atoms with Gasteiger partial charge in [-0.3, -0.25) is 18.7 Å². The van der Waals surface area contributed by atoms with E-state index in [1.54, 1.807) is 19.4 Å². The molecule has 3 N–H and O–H groups in total. The second kappa shape index (κ2) is 15.2. The summed E-state index contributed by atoms with van der Waals surface area (Å²) in [5.41, 5.74) is 7.33. The minimum atomic E-state index is -1.69. The highest BCUT2D eigenvalue weighted by atomic mass is 127. The largest absolute Gasteiger partial charge is 1.00 e. The van der Waals surface area contributed by atoms with Crippen molar-refractivity contribution in [3.63, 3.8) is 0 Å². The Balaban J connectivity index is 0.00000451. The molecule has 1 fully saturated rings. The Labute approximate surface area is 299 Å². The Kier molecular flexibility index (Phi) is 11.0. The fourth-order valence-electron chi connectivity index (χ4n) is 5.38. The molecule has 14 nitrogen and oxygen atoms in total. The average molecular weight is 803 g/mol. The molecule has 48 heavy (non-hydrogen) atoms. The van der Waals surface area contributed by atoms with E-state index in [-0.39, 0.29) is 65.2 Å². The smallest absolute Gasteiger partial charge is 0.356 e. The molecule has 0 bridgehead atoms. The number of rotatable bonds is 11. The number of aromatic nitrogens is 4. The SMILES string of the molecule is CCON=C(C(=O)NC1C(=O)N2C(C(=O)OC(c3ccccc3)c3ccccc3)=C(Cn3cc[n+](C)c3)CS(=O)[C@H]12)c1nsc(N)n1.[I-]. The molecule has 2 aliphatic heterocycles. The van der Waals surface area contributed by atoms with Crippen molar-refractivity contribution in [1.29, 1.82) is 0 Å². The number of imidazole rings is 1. The lowest BCUT2D eigenvalue weighted by atomic mass is 10.0. The lowest BCUT2D eigenvalue weighted by molar-refractivity contribution is -0.671. The van der Waals surface area contributed by atoms with E-state index in [2.05, 4.69) is 19.8 Å². The molecular weight excluding hydrogens is 771 g/mol. The summed E-state index contributed by atoms with van der Waals surface area (Å²) < 4.78 is 27.6. The molecule has 2 aliphatic rings. The van der Waals surface area contributed by atoms with Crippen LogP contribution < -0.4 is 39.6 Å². The summed E-state index contributed by atoms with van der Waals surface area (Å²) >= 11 is 0.864. The monoisotopic (exact) mass is 802 g/mol. The van der Waals surface area contributed by atoms with Crippen LogP contribution in [0.4, 0.5) is 5.13 Å². The zero-order chi connectivity index (χ0) is 33.1. The van der Waals surface area contributed by atoms with Crippen molar-refractivity contribution >= 4 is 51.0 Å². The summed E-state index contributed by atoms with van der Waals surface area (Å²) in [6.07, 6.45) is 4.66. The zero-order valence-corrected chi connectivity index (χ0v) is 29.6. The van der Waals surface area contributed by atoms with Crippen LogP contribution in [0.1, 0.15) is 30.0 Å². The maximum atomic E-state index is 14.2. The van der Waals surface area contributed by atoms with E-state index in [1.807, 2.05) is 83.0 Å². The van der Waals surface area contributed by atoms with Crippen LogP contribution in [-0.2, 0) is 48.4 Å². The van der Waals surface area contributed by atoms with Crippen LogP contribution >= 0.6 is 11.5 Å². The van der Waals surface area contributed by atoms with Gasteiger partial charge in [0.25, 0.3) is 11.8 Å². The van der Waals surface area contributed by atoms with Gasteiger partial charge in [0.15, 0.2) is 11.2 Å². The normalized spacial score (nSPS) is 18.9. The first-order valence-corrected chi connectivity index (χ1v) is 16.7. The number of oxime groups is 1. The Morgan fingerprint density at radius 3 is 2.40 bits per heavy atom. The fraction of sp³-hybridized carbons (Fsp3) is 0.258. The zero-order valence-electron chi connectivity index (χ0n) is 25.8. The van der Waals surface area contributed by atoms with Crippen molar-refractivity contribution < 1.29 is 56.7 Å². The van der Waals surface area contributed by atoms with Gasteiger partial charge < -0.3 is 44.6 Å². The lowest BCUT2D eigenvalue weighted by Gasteiger charge is -2.49. The highest BCUT2D eigenvalue weighted by Crippen LogP contribution is 2.37. The Morgan fingerprint density at radius 1 is 1.17 bits per heavy atom. The van der Waals surface area contributed by atoms with E-state index in [9.17, 15) is 18.6 Å². The molecule has 4 heterocycles. The molecule has 2 amide bonds. The van der Waals surface area contributed by atoms with Crippen LogP contribution in [0, 0.1) is 0 Å². The molecule has 2 aromatic carbocycles. The molecule has 250 valence electrons. The molecule has 17 heteroatoms. The second-order valence-corrected chi connectivity index (χ2v) is 13.0. The number of amides is 2. The molecule has 0 spiro atoms. The Hall–Kier alpha value is -4.49. The van der Waals surface area contributed by atoms with Gasteiger partial charge in [-0.05, 0) is 18.1 Å². The number of β-lactam (4-membered cyclic amide) rings is 1. The number of esters is 1. The number of anilines is 1. The second-order valence-electron chi connectivity index (χ2n) is 10.7. The number of fused-ring (bicyclic) bond motifs is 1. The maximum absolute atomic E-state index is 14.2. The fourth-order valence-corrected chi connectivity index (χ4v) is 7.49. The first-order valence-electron chi connectivity index (χ1n) is 14.6. The van der Waals surface area contributed by atoms with E-state index >= 15 is 0 Å². The third-order valence-electron chi connectivity index (χ3n) is 7.46. The summed E-state index contributed by atoms with van der Waals surface area (Å²) in [4.78, 5) is 51.6. The van der Waals surface area contributed by atoms with Crippen LogP contribution in [0.15, 0.2) is 95.8 Å². The van der Waals surface area contributed by atoms with Gasteiger partial charge in [-0.25, -0.2) is 13.9 Å². The number of nitrogens with one attached hydrogen (secondary N) is 1. The number of nitrogens with two attached hydrogens (primary N) is 1. The molecule has 2 aromatic heterocycles. The van der Waals surface area contributed by atoms with Gasteiger partial charge >= 0.3 is 5.97 Å². The number of nitrogen functional groups attached to an aromatic ring is 1. The van der Waals surface area contributed by atoms with Gasteiger partial charge in [0.1, 0.15) is 42.7 Å². The molecule has 1 saturated heterocycles. The third kappa shape index (κ3) is 7.16. The molecule has 0 saturated carbocycles. The lowest BCUT2D eigenvalue weighted by Crippen LogP contribution is -3.00. The summed E-state index contributed by atoms with van der Waals surface area (Å²) in [5, 5.41) is 5.49. The predicted molar refractivity (Wildman–Crippen MR) is 172 cm³/mol. The van der Waals surface area contributed by atoms with Crippen LogP contribution in [0.2, 0.25) is 0 Å². The topological polar surface area (TPSA) is 175 Å². The van der Waals surface area contributed by atoms with Gasteiger partial charge in [0.05, 0.1) is 23.6 Å². The summed E-state index contributed by atoms with van der Waals surface area (Å²) in [6.45, 7) is 2.03. The van der Waals surface area contributed by atoms with Crippen LogP contribution in [-0.4, -0.2) is 70.3 Å². The number of aryl methyl sites for hydroxylation is 1. The number of ether oxygens (including phenoxy) is 1. The standard InChI is InChI=1S/C31H30N8O6S2.HI/c1-3-44-35-22(26-34-31(32)46-36-26)27(40)33-23-28(41)39-24(21(17-47(43)29(23)39)16-38-15-14-37(2)18-38)30(42)45-25(19-10-6-4-7-11-19)20-12-8-5-9-13-20;/h4-15,18,23,25,29H,3,16-17H2,1-2H3,(H2-,32,33,34,36,40);1H/t23?,29-,47?;/m1./s1. The van der Waals surface area contributed by atoms with Crippen molar-refractivity contribution in [1.82, 2.24) is 24.1 Å². The first-order chi connectivity index (χ1) is 22.7. The molecule has 0 aliphatic carbocycles. The quantitative estimate of drug-likeness (QED) is 0.0443. The Morgan fingerprint density at radius 2 is 1.83 bits per heavy atom. The molecule has 3 atom stereocenters. The van der Waals surface area contributed by atoms with Gasteiger partial charge in [-0.1, -0.05) is 65.8 Å². The number of carbonyl (C=O) groups is 3. The van der Waals surface area contributed by atoms with E-state index in [0.717, 1.165) is 22.7 Å². The summed E-state index contributed by atoms with van der Waals surface area (Å²) in [6, 6.07) is 17.3. The van der Waals surface area contributed by atoms with E-state index in [1.165, 1.54) is 4.90 Å². The maximum Gasteiger partial charge on any atom is 0.356 e. The Bertz CT molecular complexity index is 1860. The third-order valence-corrected chi connectivity index (χ3v) is 9.66. The van der Waals surface area contributed by atoms with Crippen LogP contribution in [0.3, 0.4) is 0 Å². The minimum absolute atomic E-state index is 0. The predicted octanol–water partition coefficient (Wildman–Crippen LogP) is -1.81. The first kappa shape index (κ1) is 34.8. The van der Waals surface area contributed by atoms with Gasteiger partial charge in [-0.2, -0.15) is 9.36 Å². The van der Waals surface area contributed by atoms with Crippen molar-refractivity contribution in [3.8, 4) is 0 Å². The van der Waals surface area contributed by atoms with Crippen LogP contribution in [0.25, 0.3) is 0 Å². The van der Waals surface area contributed by atoms with E-state index in [0.29, 0.717) is 5.57 Å². The molecular formula is C31H31IN8O6S2. The number of carbonyl (C=O) groups excluding carboxylic acids is 3. The average Bonchev–Trinajstić information content (AvgIpc) is 3.70. The molecule has 0 radical (unpaired) electrons. The molecule has 6 rings (SSSR count). The molecule has 4 aromatic rings. The highest BCUT2D eigenvalue weighted by Gasteiger charge is 2.58. The van der Waals surface area contributed by atoms with Crippen molar-refractivity contribution in [3.05, 3.63) is 108 Å². The highest BCUT2D eigenvalue weighted by molar-refractivity contribution is 7.86. The van der Waals surface area contributed by atoms with Gasteiger partial charge in [0, 0.05) is 17.1 Å². The van der Waals surface area contributed by atoms with Gasteiger partial charge in [-0.15, -0.1) is 0 Å². The molecule has 2 unspecified atom stereocenters. The summed E-state index contributed by atoms with van der Waals surface area (Å²) in [5.74, 6) is -2.31. The van der Waals surface area contributed by atoms with E-state index < -0.39 is 46.1 Å². The summed E-state index contributed by atoms with van der Waals surface area (Å²) in [7, 11) is 0.163. The van der Waals surface area contributed by atoms with Crippen molar-refractivity contribution in [2.24, 2.45) is 12.2 Å².